The molecule has 1 aromatic heterocycles. The molecule has 0 bridgehead atoms. The highest BCUT2D eigenvalue weighted by molar-refractivity contribution is 4.83. The fourth-order valence-corrected chi connectivity index (χ4v) is 0.918. The molecular formula is C8H10N2O3. The second-order valence-electron chi connectivity index (χ2n) is 2.42. The summed E-state index contributed by atoms with van der Waals surface area (Å²) in [5.41, 5.74) is -0.922. The zero-order chi connectivity index (χ0) is 9.84. The molecule has 0 aliphatic rings. The van der Waals surface area contributed by atoms with Crippen molar-refractivity contribution < 1.29 is 4.74 Å². The molecule has 0 aromatic carbocycles. The molecule has 1 heterocycles. The van der Waals surface area contributed by atoms with Crippen LogP contribution in [-0.4, -0.2) is 9.55 Å². The first-order valence-electron chi connectivity index (χ1n) is 3.73. The minimum atomic E-state index is -0.498. The highest BCUT2D eigenvalue weighted by atomic mass is 16.5. The van der Waals surface area contributed by atoms with E-state index in [0.29, 0.717) is 0 Å². The minimum absolute atomic E-state index is 0.424. The zero-order valence-electron chi connectivity index (χ0n) is 7.19. The number of nitrogens with one attached hydrogen (secondary N) is 1. The summed E-state index contributed by atoms with van der Waals surface area (Å²) in [6.45, 7) is 5.03. The zero-order valence-corrected chi connectivity index (χ0v) is 7.19. The van der Waals surface area contributed by atoms with Gasteiger partial charge in [0.25, 0.3) is 5.56 Å². The van der Waals surface area contributed by atoms with Crippen molar-refractivity contribution in [1.82, 2.24) is 9.55 Å². The molecule has 70 valence electrons. The van der Waals surface area contributed by atoms with Gasteiger partial charge in [-0.2, -0.15) is 0 Å². The summed E-state index contributed by atoms with van der Waals surface area (Å²) in [5.74, 6) is 0. The normalized spacial score (nSPS) is 12.1. The summed E-state index contributed by atoms with van der Waals surface area (Å²) < 4.78 is 6.21. The fourth-order valence-electron chi connectivity index (χ4n) is 0.918. The summed E-state index contributed by atoms with van der Waals surface area (Å²) in [6, 6.07) is 1.25. The fraction of sp³-hybridized carbons (Fsp3) is 0.250. The molecule has 1 unspecified atom stereocenters. The lowest BCUT2D eigenvalue weighted by Gasteiger charge is -2.12. The highest BCUT2D eigenvalue weighted by Crippen LogP contribution is 2.01. The maximum Gasteiger partial charge on any atom is 0.331 e. The number of aromatic amines is 1. The van der Waals surface area contributed by atoms with Crippen molar-refractivity contribution in [2.24, 2.45) is 0 Å². The number of rotatable bonds is 3. The number of hydrogen-bond donors (Lipinski definition) is 1. The third-order valence-corrected chi connectivity index (χ3v) is 1.54. The quantitative estimate of drug-likeness (QED) is 0.680. The Balaban J connectivity index is 3.08. The molecule has 1 aromatic rings. The van der Waals surface area contributed by atoms with E-state index in [0.717, 1.165) is 0 Å². The van der Waals surface area contributed by atoms with E-state index in [1.54, 1.807) is 6.92 Å². The number of ether oxygens (including phenoxy) is 1. The molecule has 0 saturated carbocycles. The van der Waals surface area contributed by atoms with Crippen LogP contribution in [0, 0.1) is 0 Å². The van der Waals surface area contributed by atoms with Crippen molar-refractivity contribution in [3.63, 3.8) is 0 Å². The Morgan fingerprint density at radius 1 is 1.69 bits per heavy atom. The molecule has 0 aliphatic carbocycles. The van der Waals surface area contributed by atoms with Crippen LogP contribution in [0.25, 0.3) is 0 Å². The van der Waals surface area contributed by atoms with E-state index >= 15 is 0 Å². The first-order valence-corrected chi connectivity index (χ1v) is 3.73. The molecule has 1 atom stereocenters. The van der Waals surface area contributed by atoms with E-state index in [1.807, 2.05) is 0 Å². The molecular weight excluding hydrogens is 172 g/mol. The molecule has 13 heavy (non-hydrogen) atoms. The van der Waals surface area contributed by atoms with Gasteiger partial charge in [-0.15, -0.1) is 0 Å². The second kappa shape index (κ2) is 3.75. The Kier molecular flexibility index (Phi) is 2.69. The van der Waals surface area contributed by atoms with Gasteiger partial charge in [0.2, 0.25) is 0 Å². The van der Waals surface area contributed by atoms with Gasteiger partial charge >= 0.3 is 5.69 Å². The summed E-state index contributed by atoms with van der Waals surface area (Å²) in [7, 11) is 0. The Labute approximate surface area is 74.3 Å². The Hall–Kier alpha value is -1.78. The number of H-pyrrole nitrogens is 1. The third kappa shape index (κ3) is 2.08. The van der Waals surface area contributed by atoms with Gasteiger partial charge in [0.05, 0.1) is 6.26 Å². The summed E-state index contributed by atoms with van der Waals surface area (Å²) in [6.07, 6.45) is 2.14. The maximum atomic E-state index is 11.1. The van der Waals surface area contributed by atoms with Crippen LogP contribution in [0.2, 0.25) is 0 Å². The monoisotopic (exact) mass is 182 g/mol. The van der Waals surface area contributed by atoms with Crippen LogP contribution in [0.3, 0.4) is 0 Å². The van der Waals surface area contributed by atoms with Crippen molar-refractivity contribution in [2.45, 2.75) is 13.2 Å². The molecule has 5 heteroatoms. The lowest BCUT2D eigenvalue weighted by atomic mass is 10.5. The molecule has 0 fully saturated rings. The summed E-state index contributed by atoms with van der Waals surface area (Å²) >= 11 is 0. The van der Waals surface area contributed by atoms with Gasteiger partial charge in [-0.1, -0.05) is 6.58 Å². The van der Waals surface area contributed by atoms with E-state index in [1.165, 1.54) is 23.1 Å². The van der Waals surface area contributed by atoms with E-state index in [9.17, 15) is 9.59 Å². The lowest BCUT2D eigenvalue weighted by Crippen LogP contribution is -2.30. The van der Waals surface area contributed by atoms with E-state index in [4.69, 9.17) is 4.74 Å². The standard InChI is InChI=1S/C8H10N2O3/c1-3-13-6(2)10-5-4-7(11)9-8(10)12/h3-6H,1H2,2H3,(H,9,11,12). The van der Waals surface area contributed by atoms with Crippen LogP contribution in [0.5, 0.6) is 0 Å². The van der Waals surface area contributed by atoms with Crippen LogP contribution in [-0.2, 0) is 4.74 Å². The van der Waals surface area contributed by atoms with E-state index in [2.05, 4.69) is 11.6 Å². The van der Waals surface area contributed by atoms with Gasteiger partial charge < -0.3 is 4.74 Å². The Morgan fingerprint density at radius 3 is 2.92 bits per heavy atom. The van der Waals surface area contributed by atoms with Gasteiger partial charge in [-0.05, 0) is 6.92 Å². The van der Waals surface area contributed by atoms with Crippen LogP contribution in [0.1, 0.15) is 13.2 Å². The van der Waals surface area contributed by atoms with Gasteiger partial charge in [0, 0.05) is 12.3 Å². The predicted octanol–water partition coefficient (Wildman–Crippen LogP) is 0.215. The third-order valence-electron chi connectivity index (χ3n) is 1.54. The van der Waals surface area contributed by atoms with Crippen molar-refractivity contribution in [3.05, 3.63) is 45.9 Å². The van der Waals surface area contributed by atoms with Gasteiger partial charge in [0.15, 0.2) is 6.23 Å². The first-order chi connectivity index (χ1) is 6.15. The van der Waals surface area contributed by atoms with Crippen molar-refractivity contribution >= 4 is 0 Å². The van der Waals surface area contributed by atoms with Crippen molar-refractivity contribution in [2.75, 3.05) is 0 Å². The molecule has 0 saturated heterocycles. The van der Waals surface area contributed by atoms with Crippen molar-refractivity contribution in [1.29, 1.82) is 0 Å². The summed E-state index contributed by atoms with van der Waals surface area (Å²) in [4.78, 5) is 24.0. The largest absolute Gasteiger partial charge is 0.479 e. The number of nitrogens with zero attached hydrogens (tertiary/aromatic N) is 1. The number of hydrogen-bond acceptors (Lipinski definition) is 3. The molecule has 0 aliphatic heterocycles. The van der Waals surface area contributed by atoms with Crippen LogP contribution in [0.15, 0.2) is 34.7 Å². The minimum Gasteiger partial charge on any atom is -0.479 e. The molecule has 1 rings (SSSR count). The molecule has 5 nitrogen and oxygen atoms in total. The predicted molar refractivity (Wildman–Crippen MR) is 47.3 cm³/mol. The lowest BCUT2D eigenvalue weighted by molar-refractivity contribution is 0.0940. The molecule has 0 spiro atoms. The maximum absolute atomic E-state index is 11.1. The van der Waals surface area contributed by atoms with E-state index in [-0.39, 0.29) is 0 Å². The molecule has 0 radical (unpaired) electrons. The van der Waals surface area contributed by atoms with Crippen LogP contribution < -0.4 is 11.2 Å². The first kappa shape index (κ1) is 9.31. The Bertz CT molecular complexity index is 404. The van der Waals surface area contributed by atoms with Gasteiger partial charge in [-0.3, -0.25) is 14.3 Å². The van der Waals surface area contributed by atoms with Gasteiger partial charge in [-0.25, -0.2) is 4.79 Å². The van der Waals surface area contributed by atoms with Crippen molar-refractivity contribution in [3.8, 4) is 0 Å². The van der Waals surface area contributed by atoms with Crippen LogP contribution in [0.4, 0.5) is 0 Å². The SMILES string of the molecule is C=COC(C)n1ccc(=O)[nH]c1=O. The average molecular weight is 182 g/mol. The average Bonchev–Trinajstić information content (AvgIpc) is 2.04. The molecule has 1 N–H and O–H groups in total. The summed E-state index contributed by atoms with van der Waals surface area (Å²) in [5, 5.41) is 0. The Morgan fingerprint density at radius 2 is 2.38 bits per heavy atom. The topological polar surface area (TPSA) is 64.1 Å². The van der Waals surface area contributed by atoms with Gasteiger partial charge in [0.1, 0.15) is 0 Å². The van der Waals surface area contributed by atoms with E-state index < -0.39 is 17.5 Å². The molecule has 0 amide bonds. The smallest absolute Gasteiger partial charge is 0.331 e. The second-order valence-corrected chi connectivity index (χ2v) is 2.42. The van der Waals surface area contributed by atoms with Crippen LogP contribution >= 0.6 is 0 Å². The highest BCUT2D eigenvalue weighted by Gasteiger charge is 2.04. The number of aromatic nitrogens is 2.